The van der Waals surface area contributed by atoms with Crippen molar-refractivity contribution in [3.8, 4) is 11.8 Å². The van der Waals surface area contributed by atoms with Crippen molar-refractivity contribution in [2.75, 3.05) is 7.11 Å². The predicted molar refractivity (Wildman–Crippen MR) is 67.2 cm³/mol. The highest BCUT2D eigenvalue weighted by Crippen LogP contribution is 2.20. The van der Waals surface area contributed by atoms with Crippen molar-refractivity contribution >= 4 is 0 Å². The number of rotatable bonds is 4. The van der Waals surface area contributed by atoms with E-state index in [2.05, 4.69) is 6.07 Å². The Morgan fingerprint density at radius 3 is 2.89 bits per heavy atom. The van der Waals surface area contributed by atoms with Crippen molar-refractivity contribution in [3.05, 3.63) is 53.3 Å². The quantitative estimate of drug-likeness (QED) is 0.891. The van der Waals surface area contributed by atoms with E-state index in [1.54, 1.807) is 13.2 Å². The average molecular weight is 242 g/mol. The summed E-state index contributed by atoms with van der Waals surface area (Å²) in [6.07, 6.45) is 1.91. The summed E-state index contributed by atoms with van der Waals surface area (Å²) >= 11 is 0. The molecular weight excluding hydrogens is 228 g/mol. The lowest BCUT2D eigenvalue weighted by molar-refractivity contribution is 0.271. The number of hydrogen-bond acceptors (Lipinski definition) is 3. The molecule has 1 heterocycles. The molecule has 2 aromatic rings. The Balaban J connectivity index is 2.28. The number of benzene rings is 1. The smallest absolute Gasteiger partial charge is 0.136 e. The van der Waals surface area contributed by atoms with E-state index in [-0.39, 0.29) is 6.61 Å². The molecule has 0 aliphatic rings. The Labute approximate surface area is 106 Å². The molecule has 1 N–H and O–H groups in total. The lowest BCUT2D eigenvalue weighted by Crippen LogP contribution is -2.03. The standard InChI is InChI=1S/C14H14N2O2/c1-18-14-7-11(4-5-12(14)8-15)9-16-6-2-3-13(16)10-17/h2-7,17H,9-10H2,1H3. The van der Waals surface area contributed by atoms with Gasteiger partial charge in [-0.3, -0.25) is 0 Å². The maximum absolute atomic E-state index is 9.18. The van der Waals surface area contributed by atoms with Gasteiger partial charge in [-0.2, -0.15) is 5.26 Å². The minimum Gasteiger partial charge on any atom is -0.495 e. The molecule has 4 nitrogen and oxygen atoms in total. The molecule has 0 fully saturated rings. The zero-order valence-electron chi connectivity index (χ0n) is 10.1. The maximum Gasteiger partial charge on any atom is 0.136 e. The van der Waals surface area contributed by atoms with E-state index in [1.165, 1.54) is 0 Å². The van der Waals surface area contributed by atoms with E-state index in [1.807, 2.05) is 35.0 Å². The average Bonchev–Trinajstić information content (AvgIpc) is 2.85. The number of aliphatic hydroxyl groups excluding tert-OH is 1. The van der Waals surface area contributed by atoms with Gasteiger partial charge in [-0.15, -0.1) is 0 Å². The van der Waals surface area contributed by atoms with Crippen LogP contribution in [0.3, 0.4) is 0 Å². The summed E-state index contributed by atoms with van der Waals surface area (Å²) in [6.45, 7) is 0.658. The number of hydrogen-bond donors (Lipinski definition) is 1. The molecule has 2 rings (SSSR count). The Hall–Kier alpha value is -2.25. The second-order valence-electron chi connectivity index (χ2n) is 3.93. The van der Waals surface area contributed by atoms with Gasteiger partial charge in [0.25, 0.3) is 0 Å². The molecular formula is C14H14N2O2. The number of aromatic nitrogens is 1. The van der Waals surface area contributed by atoms with Crippen LogP contribution in [0.1, 0.15) is 16.8 Å². The number of methoxy groups -OCH3 is 1. The molecule has 4 heteroatoms. The topological polar surface area (TPSA) is 58.2 Å². The first-order valence-electron chi connectivity index (χ1n) is 5.60. The van der Waals surface area contributed by atoms with Gasteiger partial charge >= 0.3 is 0 Å². The van der Waals surface area contributed by atoms with Gasteiger partial charge in [0, 0.05) is 18.4 Å². The van der Waals surface area contributed by atoms with Crippen LogP contribution in [0.15, 0.2) is 36.5 Å². The summed E-state index contributed by atoms with van der Waals surface area (Å²) < 4.78 is 7.13. The molecule has 1 aromatic carbocycles. The fraction of sp³-hybridized carbons (Fsp3) is 0.214. The molecule has 0 unspecified atom stereocenters. The summed E-state index contributed by atoms with van der Waals surface area (Å²) in [4.78, 5) is 0. The second kappa shape index (κ2) is 5.39. The highest BCUT2D eigenvalue weighted by molar-refractivity contribution is 5.45. The monoisotopic (exact) mass is 242 g/mol. The fourth-order valence-corrected chi connectivity index (χ4v) is 1.87. The highest BCUT2D eigenvalue weighted by atomic mass is 16.5. The number of aliphatic hydroxyl groups is 1. The molecule has 18 heavy (non-hydrogen) atoms. The molecule has 0 amide bonds. The van der Waals surface area contributed by atoms with Gasteiger partial charge in [0.1, 0.15) is 11.8 Å². The van der Waals surface area contributed by atoms with Crippen LogP contribution in [0.5, 0.6) is 5.75 Å². The normalized spacial score (nSPS) is 10.1. The number of nitrogens with zero attached hydrogens (tertiary/aromatic N) is 2. The van der Waals surface area contributed by atoms with Crippen molar-refractivity contribution in [1.29, 1.82) is 5.26 Å². The Bertz CT molecular complexity index is 582. The third-order valence-corrected chi connectivity index (χ3v) is 2.82. The summed E-state index contributed by atoms with van der Waals surface area (Å²) in [5, 5.41) is 18.1. The Morgan fingerprint density at radius 2 is 2.22 bits per heavy atom. The van der Waals surface area contributed by atoms with Crippen molar-refractivity contribution in [3.63, 3.8) is 0 Å². The van der Waals surface area contributed by atoms with E-state index >= 15 is 0 Å². The minimum absolute atomic E-state index is 0.0143. The summed E-state index contributed by atoms with van der Waals surface area (Å²) in [7, 11) is 1.55. The zero-order chi connectivity index (χ0) is 13.0. The van der Waals surface area contributed by atoms with Crippen molar-refractivity contribution in [1.82, 2.24) is 4.57 Å². The van der Waals surface area contributed by atoms with E-state index < -0.39 is 0 Å². The first kappa shape index (κ1) is 12.2. The number of nitriles is 1. The van der Waals surface area contributed by atoms with Crippen LogP contribution in [-0.4, -0.2) is 16.8 Å². The predicted octanol–water partition coefficient (Wildman–Crippen LogP) is 1.91. The maximum atomic E-state index is 9.18. The molecule has 1 aromatic heterocycles. The van der Waals surface area contributed by atoms with Crippen LogP contribution >= 0.6 is 0 Å². The third kappa shape index (κ3) is 2.36. The minimum atomic E-state index is 0.0143. The first-order chi connectivity index (χ1) is 8.78. The second-order valence-corrected chi connectivity index (χ2v) is 3.93. The summed E-state index contributed by atoms with van der Waals surface area (Å²) in [5.74, 6) is 0.577. The van der Waals surface area contributed by atoms with Crippen LogP contribution in [-0.2, 0) is 13.2 Å². The molecule has 0 aliphatic heterocycles. The summed E-state index contributed by atoms with van der Waals surface area (Å²) in [6, 6.07) is 11.3. The molecule has 0 saturated carbocycles. The van der Waals surface area contributed by atoms with Crippen LogP contribution in [0.25, 0.3) is 0 Å². The van der Waals surface area contributed by atoms with E-state index in [0.29, 0.717) is 17.9 Å². The van der Waals surface area contributed by atoms with Crippen LogP contribution < -0.4 is 4.74 Å². The Kier molecular flexibility index (Phi) is 3.66. The van der Waals surface area contributed by atoms with Crippen LogP contribution in [0.4, 0.5) is 0 Å². The van der Waals surface area contributed by atoms with Crippen LogP contribution in [0, 0.1) is 11.3 Å². The van der Waals surface area contributed by atoms with Gasteiger partial charge < -0.3 is 14.4 Å². The molecule has 0 spiro atoms. The molecule has 0 atom stereocenters. The molecule has 92 valence electrons. The SMILES string of the molecule is COc1cc(Cn2cccc2CO)ccc1C#N. The van der Waals surface area contributed by atoms with Gasteiger partial charge in [0.2, 0.25) is 0 Å². The molecule has 0 radical (unpaired) electrons. The van der Waals surface area contributed by atoms with Crippen molar-refractivity contribution in [2.45, 2.75) is 13.2 Å². The van der Waals surface area contributed by atoms with Gasteiger partial charge in [-0.1, -0.05) is 6.07 Å². The van der Waals surface area contributed by atoms with E-state index in [9.17, 15) is 5.11 Å². The van der Waals surface area contributed by atoms with Gasteiger partial charge in [-0.25, -0.2) is 0 Å². The number of ether oxygens (including phenoxy) is 1. The molecule has 0 bridgehead atoms. The first-order valence-corrected chi connectivity index (χ1v) is 5.60. The van der Waals surface area contributed by atoms with Gasteiger partial charge in [0.05, 0.1) is 19.3 Å². The van der Waals surface area contributed by atoms with Crippen molar-refractivity contribution in [2.24, 2.45) is 0 Å². The van der Waals surface area contributed by atoms with E-state index in [4.69, 9.17) is 10.00 Å². The van der Waals surface area contributed by atoms with Crippen LogP contribution in [0.2, 0.25) is 0 Å². The van der Waals surface area contributed by atoms with E-state index in [0.717, 1.165) is 11.3 Å². The van der Waals surface area contributed by atoms with Gasteiger partial charge in [-0.05, 0) is 29.8 Å². The molecule has 0 aliphatic carbocycles. The lowest BCUT2D eigenvalue weighted by atomic mass is 10.1. The van der Waals surface area contributed by atoms with Gasteiger partial charge in [0.15, 0.2) is 0 Å². The summed E-state index contributed by atoms with van der Waals surface area (Å²) in [5.41, 5.74) is 2.41. The lowest BCUT2D eigenvalue weighted by Gasteiger charge is -2.09. The fourth-order valence-electron chi connectivity index (χ4n) is 1.87. The highest BCUT2D eigenvalue weighted by Gasteiger charge is 2.05. The molecule has 0 saturated heterocycles. The largest absolute Gasteiger partial charge is 0.495 e. The van der Waals surface area contributed by atoms with Crippen molar-refractivity contribution < 1.29 is 9.84 Å². The third-order valence-electron chi connectivity index (χ3n) is 2.82. The Morgan fingerprint density at radius 1 is 1.39 bits per heavy atom. The zero-order valence-corrected chi connectivity index (χ0v) is 10.1.